The van der Waals surface area contributed by atoms with E-state index in [2.05, 4.69) is 31.3 Å². The Morgan fingerprint density at radius 2 is 2.26 bits per heavy atom. The number of fused-ring (bicyclic) bond motifs is 1. The van der Waals surface area contributed by atoms with E-state index in [1.165, 1.54) is 6.33 Å². The molecule has 0 saturated heterocycles. The minimum atomic E-state index is -1.08. The smallest absolute Gasteiger partial charge is 0.404 e. The third kappa shape index (κ3) is 3.11. The maximum absolute atomic E-state index is 10.6. The van der Waals surface area contributed by atoms with Crippen LogP contribution in [0.15, 0.2) is 41.3 Å². The van der Waals surface area contributed by atoms with E-state index < -0.39 is 6.09 Å². The van der Waals surface area contributed by atoms with Gasteiger partial charge in [-0.25, -0.2) is 14.3 Å². The van der Waals surface area contributed by atoms with Crippen molar-refractivity contribution in [3.63, 3.8) is 0 Å². The van der Waals surface area contributed by atoms with Crippen molar-refractivity contribution in [2.45, 2.75) is 6.54 Å². The lowest BCUT2D eigenvalue weighted by Crippen LogP contribution is -2.20. The lowest BCUT2D eigenvalue weighted by atomic mass is 10.1. The first-order valence-corrected chi connectivity index (χ1v) is 7.51. The molecule has 1 amide bonds. The molecule has 0 atom stereocenters. The van der Waals surface area contributed by atoms with Gasteiger partial charge in [-0.2, -0.15) is 5.10 Å². The monoisotopic (exact) mass is 376 g/mol. The molecule has 2 N–H and O–H groups in total. The summed E-state index contributed by atoms with van der Waals surface area (Å²) in [6, 6.07) is 7.47. The predicted molar refractivity (Wildman–Crippen MR) is 87.5 cm³/mol. The number of hydrogen-bond donors (Lipinski definition) is 2. The average molecular weight is 377 g/mol. The Balaban J connectivity index is 2.04. The molecule has 0 aliphatic heterocycles. The van der Waals surface area contributed by atoms with Gasteiger partial charge in [-0.3, -0.25) is 0 Å². The van der Waals surface area contributed by atoms with Crippen LogP contribution in [0.4, 0.5) is 4.79 Å². The summed E-state index contributed by atoms with van der Waals surface area (Å²) in [5.41, 5.74) is 3.23. The average Bonchev–Trinajstić information content (AvgIpc) is 2.92. The molecule has 0 fully saturated rings. The molecular weight excluding hydrogens is 364 g/mol. The number of rotatable bonds is 4. The van der Waals surface area contributed by atoms with E-state index >= 15 is 0 Å². The fourth-order valence-corrected chi connectivity index (χ4v) is 2.74. The van der Waals surface area contributed by atoms with Crippen molar-refractivity contribution >= 4 is 27.5 Å². The molecule has 7 nitrogen and oxygen atoms in total. The number of hydrogen-bond acceptors (Lipinski definition) is 4. The second-order valence-electron chi connectivity index (χ2n) is 4.78. The van der Waals surface area contributed by atoms with Crippen molar-refractivity contribution in [2.24, 2.45) is 0 Å². The van der Waals surface area contributed by atoms with Crippen molar-refractivity contribution in [1.29, 1.82) is 0 Å². The standard InChI is InChI=1S/C15H13BrN4O3/c1-23-13-4-9(2-3-10(13)6-17-15(21)22)14-12-5-11(16)7-20(12)19-8-18-14/h2-5,7-8,17H,6H2,1H3,(H,21,22). The zero-order valence-corrected chi connectivity index (χ0v) is 13.7. The second-order valence-corrected chi connectivity index (χ2v) is 5.70. The molecule has 0 aliphatic rings. The lowest BCUT2D eigenvalue weighted by Gasteiger charge is -2.11. The molecular formula is C15H13BrN4O3. The summed E-state index contributed by atoms with van der Waals surface area (Å²) < 4.78 is 8.01. The third-order valence-corrected chi connectivity index (χ3v) is 3.80. The van der Waals surface area contributed by atoms with E-state index in [0.29, 0.717) is 5.75 Å². The number of amides is 1. The van der Waals surface area contributed by atoms with Crippen LogP contribution in [0.3, 0.4) is 0 Å². The van der Waals surface area contributed by atoms with Gasteiger partial charge in [0.05, 0.1) is 18.3 Å². The first kappa shape index (κ1) is 15.3. The van der Waals surface area contributed by atoms with Gasteiger partial charge in [0, 0.05) is 28.3 Å². The maximum Gasteiger partial charge on any atom is 0.404 e. The highest BCUT2D eigenvalue weighted by molar-refractivity contribution is 9.10. The summed E-state index contributed by atoms with van der Waals surface area (Å²) in [7, 11) is 1.55. The Morgan fingerprint density at radius 3 is 3.00 bits per heavy atom. The molecule has 1 aromatic carbocycles. The van der Waals surface area contributed by atoms with Gasteiger partial charge < -0.3 is 15.2 Å². The summed E-state index contributed by atoms with van der Waals surface area (Å²) >= 11 is 3.43. The summed E-state index contributed by atoms with van der Waals surface area (Å²) in [5.74, 6) is 0.596. The minimum Gasteiger partial charge on any atom is -0.496 e. The highest BCUT2D eigenvalue weighted by Gasteiger charge is 2.12. The van der Waals surface area contributed by atoms with Crippen molar-refractivity contribution in [1.82, 2.24) is 19.9 Å². The van der Waals surface area contributed by atoms with Crippen LogP contribution in [0, 0.1) is 0 Å². The number of aromatic nitrogens is 3. The fraction of sp³-hybridized carbons (Fsp3) is 0.133. The molecule has 2 aromatic heterocycles. The summed E-state index contributed by atoms with van der Waals surface area (Å²) in [6.07, 6.45) is 2.26. The van der Waals surface area contributed by atoms with E-state index in [4.69, 9.17) is 9.84 Å². The molecule has 0 aliphatic carbocycles. The highest BCUT2D eigenvalue weighted by atomic mass is 79.9. The molecule has 23 heavy (non-hydrogen) atoms. The molecule has 0 bridgehead atoms. The van der Waals surface area contributed by atoms with Crippen LogP contribution in [0.1, 0.15) is 5.56 Å². The van der Waals surface area contributed by atoms with E-state index in [1.54, 1.807) is 11.6 Å². The van der Waals surface area contributed by atoms with Crippen molar-refractivity contribution < 1.29 is 14.6 Å². The van der Waals surface area contributed by atoms with E-state index in [-0.39, 0.29) is 6.54 Å². The Bertz CT molecular complexity index is 878. The predicted octanol–water partition coefficient (Wildman–Crippen LogP) is 2.94. The SMILES string of the molecule is COc1cc(-c2ncnn3cc(Br)cc23)ccc1CNC(=O)O. The Kier molecular flexibility index (Phi) is 4.16. The normalized spacial score (nSPS) is 10.7. The molecule has 3 aromatic rings. The van der Waals surface area contributed by atoms with Gasteiger partial charge in [-0.1, -0.05) is 12.1 Å². The zero-order chi connectivity index (χ0) is 16.4. The van der Waals surface area contributed by atoms with Gasteiger partial charge in [0.15, 0.2) is 0 Å². The summed E-state index contributed by atoms with van der Waals surface area (Å²) in [4.78, 5) is 15.0. The summed E-state index contributed by atoms with van der Waals surface area (Å²) in [5, 5.41) is 15.2. The molecule has 0 spiro atoms. The molecule has 0 unspecified atom stereocenters. The molecule has 118 valence electrons. The number of carboxylic acid groups (broad SMARTS) is 1. The quantitative estimate of drug-likeness (QED) is 0.730. The number of methoxy groups -OCH3 is 1. The van der Waals surface area contributed by atoms with Crippen LogP contribution in [-0.2, 0) is 6.54 Å². The fourth-order valence-electron chi connectivity index (χ4n) is 2.33. The Hall–Kier alpha value is -2.61. The van der Waals surface area contributed by atoms with Gasteiger partial charge in [0.25, 0.3) is 0 Å². The van der Waals surface area contributed by atoms with E-state index in [1.807, 2.05) is 30.5 Å². The number of ether oxygens (including phenoxy) is 1. The first-order chi connectivity index (χ1) is 11.1. The van der Waals surface area contributed by atoms with Crippen molar-refractivity contribution in [2.75, 3.05) is 7.11 Å². The number of nitrogens with one attached hydrogen (secondary N) is 1. The van der Waals surface area contributed by atoms with Gasteiger partial charge in [0.2, 0.25) is 0 Å². The second kappa shape index (κ2) is 6.25. The van der Waals surface area contributed by atoms with Crippen LogP contribution in [0.2, 0.25) is 0 Å². The largest absolute Gasteiger partial charge is 0.496 e. The molecule has 2 heterocycles. The first-order valence-electron chi connectivity index (χ1n) is 6.71. The minimum absolute atomic E-state index is 0.175. The third-order valence-electron chi connectivity index (χ3n) is 3.36. The van der Waals surface area contributed by atoms with Gasteiger partial charge in [-0.05, 0) is 28.1 Å². The van der Waals surface area contributed by atoms with Crippen molar-refractivity contribution in [3.05, 3.63) is 46.8 Å². The number of carbonyl (C=O) groups is 1. The molecule has 0 saturated carbocycles. The van der Waals surface area contributed by atoms with Crippen LogP contribution in [-0.4, -0.2) is 32.9 Å². The molecule has 3 rings (SSSR count). The maximum atomic E-state index is 10.6. The number of nitrogens with zero attached hydrogens (tertiary/aromatic N) is 3. The number of halogens is 1. The highest BCUT2D eigenvalue weighted by Crippen LogP contribution is 2.29. The van der Waals surface area contributed by atoms with Gasteiger partial charge in [0.1, 0.15) is 12.1 Å². The van der Waals surface area contributed by atoms with Crippen molar-refractivity contribution in [3.8, 4) is 17.0 Å². The van der Waals surface area contributed by atoms with Crippen LogP contribution >= 0.6 is 15.9 Å². The Morgan fingerprint density at radius 1 is 1.43 bits per heavy atom. The van der Waals surface area contributed by atoms with Gasteiger partial charge >= 0.3 is 6.09 Å². The Labute approximate surface area is 140 Å². The molecule has 0 radical (unpaired) electrons. The topological polar surface area (TPSA) is 88.8 Å². The van der Waals surface area contributed by atoms with E-state index in [0.717, 1.165) is 26.8 Å². The number of benzene rings is 1. The van der Waals surface area contributed by atoms with Crippen LogP contribution in [0.5, 0.6) is 5.75 Å². The van der Waals surface area contributed by atoms with Crippen LogP contribution in [0.25, 0.3) is 16.8 Å². The van der Waals surface area contributed by atoms with Gasteiger partial charge in [-0.15, -0.1) is 0 Å². The van der Waals surface area contributed by atoms with E-state index in [9.17, 15) is 4.79 Å². The summed E-state index contributed by atoms with van der Waals surface area (Å²) in [6.45, 7) is 0.175. The van der Waals surface area contributed by atoms with Crippen LogP contribution < -0.4 is 10.1 Å². The lowest BCUT2D eigenvalue weighted by molar-refractivity contribution is 0.194. The zero-order valence-electron chi connectivity index (χ0n) is 12.2. The molecule has 8 heteroatoms.